The number of hydrogen-bond acceptors (Lipinski definition) is 3. The molecule has 2 N–H and O–H groups in total. The van der Waals surface area contributed by atoms with Gasteiger partial charge in [-0.2, -0.15) is 0 Å². The summed E-state index contributed by atoms with van der Waals surface area (Å²) in [6.45, 7) is 12.0. The lowest BCUT2D eigenvalue weighted by Gasteiger charge is -2.37. The van der Waals surface area contributed by atoms with E-state index >= 15 is 0 Å². The molecule has 0 heterocycles. The molecule has 1 rings (SSSR count). The highest BCUT2D eigenvalue weighted by Crippen LogP contribution is 2.29. The van der Waals surface area contributed by atoms with E-state index < -0.39 is 5.60 Å². The van der Waals surface area contributed by atoms with Gasteiger partial charge < -0.3 is 15.4 Å². The van der Waals surface area contributed by atoms with Gasteiger partial charge in [0, 0.05) is 6.04 Å². The molecule has 3 atom stereocenters. The number of rotatable bonds is 4. The van der Waals surface area contributed by atoms with Gasteiger partial charge in [-0.3, -0.25) is 0 Å². The van der Waals surface area contributed by atoms with Gasteiger partial charge in [0.15, 0.2) is 0 Å². The molecular weight excluding hydrogens is 240 g/mol. The van der Waals surface area contributed by atoms with E-state index in [0.29, 0.717) is 11.8 Å². The molecule has 1 aliphatic rings. The Bertz CT molecular complexity index is 286. The first-order valence-electron chi connectivity index (χ1n) is 7.53. The summed E-state index contributed by atoms with van der Waals surface area (Å²) in [5.74, 6) is 1.03. The van der Waals surface area contributed by atoms with Crippen LogP contribution >= 0.6 is 0 Å². The van der Waals surface area contributed by atoms with Crippen LogP contribution < -0.4 is 10.6 Å². The van der Waals surface area contributed by atoms with E-state index in [2.05, 4.69) is 24.5 Å². The van der Waals surface area contributed by atoms with Crippen molar-refractivity contribution in [1.82, 2.24) is 10.6 Å². The lowest BCUT2D eigenvalue weighted by Crippen LogP contribution is -2.50. The van der Waals surface area contributed by atoms with Crippen LogP contribution in [0.5, 0.6) is 0 Å². The highest BCUT2D eigenvalue weighted by atomic mass is 16.6. The van der Waals surface area contributed by atoms with Crippen molar-refractivity contribution in [1.29, 1.82) is 0 Å². The second-order valence-electron chi connectivity index (χ2n) is 6.65. The second kappa shape index (κ2) is 7.13. The summed E-state index contributed by atoms with van der Waals surface area (Å²) in [5.41, 5.74) is -0.431. The van der Waals surface area contributed by atoms with Gasteiger partial charge >= 0.3 is 6.09 Å². The molecule has 4 heteroatoms. The van der Waals surface area contributed by atoms with Crippen LogP contribution in [-0.4, -0.2) is 30.8 Å². The lowest BCUT2D eigenvalue weighted by atomic mass is 9.77. The van der Waals surface area contributed by atoms with Crippen molar-refractivity contribution in [3.05, 3.63) is 0 Å². The van der Waals surface area contributed by atoms with Crippen LogP contribution in [0.1, 0.15) is 53.9 Å². The zero-order chi connectivity index (χ0) is 14.5. The number of hydrogen-bond donors (Lipinski definition) is 2. The third-order valence-electron chi connectivity index (χ3n) is 3.70. The molecule has 0 aromatic carbocycles. The fourth-order valence-electron chi connectivity index (χ4n) is 2.79. The molecule has 4 nitrogen and oxygen atoms in total. The Labute approximate surface area is 117 Å². The maximum Gasteiger partial charge on any atom is 0.407 e. The highest BCUT2D eigenvalue weighted by Gasteiger charge is 2.32. The molecule has 0 aromatic rings. The van der Waals surface area contributed by atoms with Crippen molar-refractivity contribution < 1.29 is 9.53 Å². The summed E-state index contributed by atoms with van der Waals surface area (Å²) >= 11 is 0. The van der Waals surface area contributed by atoms with Crippen LogP contribution in [0.15, 0.2) is 0 Å². The van der Waals surface area contributed by atoms with Crippen molar-refractivity contribution in [3.63, 3.8) is 0 Å². The summed E-state index contributed by atoms with van der Waals surface area (Å²) in [4.78, 5) is 11.9. The van der Waals surface area contributed by atoms with Crippen molar-refractivity contribution in [2.24, 2.45) is 11.8 Å². The standard InChI is InChI=1S/C15H30N2O2/c1-6-16-10-12-9-7-8-11(2)13(12)17-14(18)19-15(3,4)5/h11-13,16H,6-10H2,1-5H3,(H,17,18). The number of nitrogens with one attached hydrogen (secondary N) is 2. The van der Waals surface area contributed by atoms with E-state index in [0.717, 1.165) is 13.1 Å². The van der Waals surface area contributed by atoms with Crippen LogP contribution in [0.3, 0.4) is 0 Å². The van der Waals surface area contributed by atoms with E-state index in [1.54, 1.807) is 0 Å². The quantitative estimate of drug-likeness (QED) is 0.826. The Morgan fingerprint density at radius 3 is 2.58 bits per heavy atom. The zero-order valence-corrected chi connectivity index (χ0v) is 13.1. The Hall–Kier alpha value is -0.770. The minimum Gasteiger partial charge on any atom is -0.444 e. The maximum atomic E-state index is 11.9. The van der Waals surface area contributed by atoms with Gasteiger partial charge in [0.25, 0.3) is 0 Å². The zero-order valence-electron chi connectivity index (χ0n) is 13.1. The molecular formula is C15H30N2O2. The number of carbonyl (C=O) groups is 1. The van der Waals surface area contributed by atoms with Gasteiger partial charge in [0.05, 0.1) is 0 Å². The third kappa shape index (κ3) is 5.81. The molecule has 0 spiro atoms. The summed E-state index contributed by atoms with van der Waals surface area (Å²) in [7, 11) is 0. The Kier molecular flexibility index (Phi) is 6.11. The minimum absolute atomic E-state index is 0.225. The SMILES string of the molecule is CCNCC1CCCC(C)C1NC(=O)OC(C)(C)C. The highest BCUT2D eigenvalue weighted by molar-refractivity contribution is 5.68. The first-order chi connectivity index (χ1) is 8.83. The van der Waals surface area contributed by atoms with Gasteiger partial charge in [-0.05, 0) is 58.5 Å². The molecule has 0 bridgehead atoms. The average Bonchev–Trinajstić information content (AvgIpc) is 2.27. The lowest BCUT2D eigenvalue weighted by molar-refractivity contribution is 0.0436. The summed E-state index contributed by atoms with van der Waals surface area (Å²) < 4.78 is 5.37. The molecule has 0 radical (unpaired) electrons. The smallest absolute Gasteiger partial charge is 0.407 e. The molecule has 1 fully saturated rings. The van der Waals surface area contributed by atoms with Crippen molar-refractivity contribution in [2.75, 3.05) is 13.1 Å². The predicted molar refractivity (Wildman–Crippen MR) is 78.2 cm³/mol. The molecule has 0 aliphatic heterocycles. The summed E-state index contributed by atoms with van der Waals surface area (Å²) in [5, 5.41) is 6.48. The molecule has 0 aromatic heterocycles. The van der Waals surface area contributed by atoms with Gasteiger partial charge in [0.2, 0.25) is 0 Å². The van der Waals surface area contributed by atoms with E-state index in [1.165, 1.54) is 19.3 Å². The number of carbonyl (C=O) groups excluding carboxylic acids is 1. The number of ether oxygens (including phenoxy) is 1. The Morgan fingerprint density at radius 2 is 2.00 bits per heavy atom. The molecule has 0 saturated heterocycles. The fourth-order valence-corrected chi connectivity index (χ4v) is 2.79. The molecule has 19 heavy (non-hydrogen) atoms. The van der Waals surface area contributed by atoms with Crippen molar-refractivity contribution >= 4 is 6.09 Å². The van der Waals surface area contributed by atoms with E-state index in [1.807, 2.05) is 20.8 Å². The van der Waals surface area contributed by atoms with E-state index in [-0.39, 0.29) is 12.1 Å². The summed E-state index contributed by atoms with van der Waals surface area (Å²) in [6, 6.07) is 0.225. The fraction of sp³-hybridized carbons (Fsp3) is 0.933. The first-order valence-corrected chi connectivity index (χ1v) is 7.53. The molecule has 1 aliphatic carbocycles. The number of alkyl carbamates (subject to hydrolysis) is 1. The predicted octanol–water partition coefficient (Wildman–Crippen LogP) is 2.93. The van der Waals surface area contributed by atoms with E-state index in [4.69, 9.17) is 4.74 Å². The molecule has 3 unspecified atom stereocenters. The van der Waals surface area contributed by atoms with Crippen molar-refractivity contribution in [2.45, 2.75) is 65.5 Å². The van der Waals surface area contributed by atoms with Gasteiger partial charge in [-0.25, -0.2) is 4.79 Å². The molecule has 1 amide bonds. The summed E-state index contributed by atoms with van der Waals surface area (Å²) in [6.07, 6.45) is 3.33. The third-order valence-corrected chi connectivity index (χ3v) is 3.70. The first kappa shape index (κ1) is 16.3. The van der Waals surface area contributed by atoms with Crippen molar-refractivity contribution in [3.8, 4) is 0 Å². The van der Waals surface area contributed by atoms with E-state index in [9.17, 15) is 4.79 Å². The van der Waals surface area contributed by atoms with Crippen LogP contribution in [0.2, 0.25) is 0 Å². The van der Waals surface area contributed by atoms with Gasteiger partial charge in [0.1, 0.15) is 5.60 Å². The van der Waals surface area contributed by atoms with Crippen LogP contribution in [0.4, 0.5) is 4.79 Å². The topological polar surface area (TPSA) is 50.4 Å². The number of amides is 1. The van der Waals surface area contributed by atoms with Crippen LogP contribution in [0, 0.1) is 11.8 Å². The Balaban J connectivity index is 2.56. The largest absolute Gasteiger partial charge is 0.444 e. The van der Waals surface area contributed by atoms with Gasteiger partial charge in [-0.15, -0.1) is 0 Å². The van der Waals surface area contributed by atoms with Crippen LogP contribution in [0.25, 0.3) is 0 Å². The maximum absolute atomic E-state index is 11.9. The molecule has 1 saturated carbocycles. The normalized spacial score (nSPS) is 27.9. The molecule has 112 valence electrons. The minimum atomic E-state index is -0.431. The van der Waals surface area contributed by atoms with Crippen LogP contribution in [-0.2, 0) is 4.74 Å². The Morgan fingerprint density at radius 1 is 1.32 bits per heavy atom. The van der Waals surface area contributed by atoms with Gasteiger partial charge in [-0.1, -0.05) is 20.3 Å². The monoisotopic (exact) mass is 270 g/mol. The second-order valence-corrected chi connectivity index (χ2v) is 6.65. The average molecular weight is 270 g/mol.